The summed E-state index contributed by atoms with van der Waals surface area (Å²) < 4.78 is 0. The summed E-state index contributed by atoms with van der Waals surface area (Å²) in [6.45, 7) is 0.687. The van der Waals surface area contributed by atoms with Gasteiger partial charge < -0.3 is 10.6 Å². The molecule has 3 rings (SSSR count). The first kappa shape index (κ1) is 18.8. The molecule has 0 saturated carbocycles. The van der Waals surface area contributed by atoms with Gasteiger partial charge in [-0.3, -0.25) is 9.59 Å². The van der Waals surface area contributed by atoms with Gasteiger partial charge in [0.05, 0.1) is 11.0 Å². The largest absolute Gasteiger partial charge is 0.354 e. The van der Waals surface area contributed by atoms with Crippen LogP contribution in [0.1, 0.15) is 29.2 Å². The molecule has 0 radical (unpaired) electrons. The minimum atomic E-state index is -0.414. The molecule has 2 aromatic carbocycles. The second kappa shape index (κ2) is 9.10. The molecule has 2 atom stereocenters. The third-order valence-corrected chi connectivity index (χ3v) is 5.84. The first-order valence-electron chi connectivity index (χ1n) is 8.62. The van der Waals surface area contributed by atoms with Crippen molar-refractivity contribution in [3.8, 4) is 0 Å². The lowest BCUT2D eigenvalue weighted by Crippen LogP contribution is -2.50. The summed E-state index contributed by atoms with van der Waals surface area (Å²) in [5.41, 5.74) is 2.22. The highest BCUT2D eigenvalue weighted by atomic mass is 35.5. The van der Waals surface area contributed by atoms with E-state index in [4.69, 9.17) is 11.6 Å². The average molecular weight is 389 g/mol. The first-order valence-corrected chi connectivity index (χ1v) is 10.1. The summed E-state index contributed by atoms with van der Waals surface area (Å²) >= 11 is 7.55. The zero-order chi connectivity index (χ0) is 18.4. The van der Waals surface area contributed by atoms with Crippen LogP contribution in [0.5, 0.6) is 0 Å². The summed E-state index contributed by atoms with van der Waals surface area (Å²) in [5.74, 6) is 0.0743. The van der Waals surface area contributed by atoms with E-state index in [0.29, 0.717) is 18.0 Å². The molecule has 0 unspecified atom stereocenters. The van der Waals surface area contributed by atoms with E-state index in [1.807, 2.05) is 42.5 Å². The van der Waals surface area contributed by atoms with Gasteiger partial charge in [-0.25, -0.2) is 0 Å². The van der Waals surface area contributed by atoms with Crippen molar-refractivity contribution in [3.63, 3.8) is 0 Å². The molecule has 0 aliphatic carbocycles. The number of thioether (sulfide) groups is 1. The smallest absolute Gasteiger partial charge is 0.242 e. The van der Waals surface area contributed by atoms with Gasteiger partial charge in [0.2, 0.25) is 11.8 Å². The molecular formula is C20H21ClN2O2S. The lowest BCUT2D eigenvalue weighted by atomic mass is 10.0. The van der Waals surface area contributed by atoms with Crippen LogP contribution in [0.3, 0.4) is 0 Å². The van der Waals surface area contributed by atoms with E-state index in [1.54, 1.807) is 11.8 Å². The third kappa shape index (κ3) is 5.02. The van der Waals surface area contributed by atoms with E-state index in [2.05, 4.69) is 22.8 Å². The van der Waals surface area contributed by atoms with Crippen molar-refractivity contribution >= 4 is 35.2 Å². The van der Waals surface area contributed by atoms with Crippen molar-refractivity contribution in [3.05, 3.63) is 70.7 Å². The molecule has 1 saturated heterocycles. The van der Waals surface area contributed by atoms with Crippen molar-refractivity contribution in [2.75, 3.05) is 12.3 Å². The Morgan fingerprint density at radius 2 is 1.85 bits per heavy atom. The number of benzene rings is 2. The van der Waals surface area contributed by atoms with Crippen molar-refractivity contribution in [2.45, 2.75) is 24.1 Å². The Labute approximate surface area is 162 Å². The monoisotopic (exact) mass is 388 g/mol. The maximum atomic E-state index is 12.3. The molecule has 1 heterocycles. The second-order valence-electron chi connectivity index (χ2n) is 6.21. The number of carbonyl (C=O) groups is 2. The van der Waals surface area contributed by atoms with E-state index in [-0.39, 0.29) is 22.8 Å². The molecule has 1 fully saturated rings. The predicted octanol–water partition coefficient (Wildman–Crippen LogP) is 3.56. The van der Waals surface area contributed by atoms with Crippen LogP contribution in [-0.4, -0.2) is 30.2 Å². The van der Waals surface area contributed by atoms with Gasteiger partial charge in [0, 0.05) is 11.6 Å². The van der Waals surface area contributed by atoms with Crippen LogP contribution in [-0.2, 0) is 9.59 Å². The molecule has 0 bridgehead atoms. The number of hydrogen-bond acceptors (Lipinski definition) is 3. The molecule has 2 N–H and O–H groups in total. The van der Waals surface area contributed by atoms with Crippen molar-refractivity contribution in [1.29, 1.82) is 0 Å². The zero-order valence-electron chi connectivity index (χ0n) is 14.3. The molecule has 1 aliphatic heterocycles. The van der Waals surface area contributed by atoms with Crippen LogP contribution < -0.4 is 10.6 Å². The Balaban J connectivity index is 1.67. The van der Waals surface area contributed by atoms with Gasteiger partial charge in [-0.05, 0) is 36.1 Å². The van der Waals surface area contributed by atoms with Crippen molar-refractivity contribution in [1.82, 2.24) is 10.6 Å². The number of amides is 2. The van der Waals surface area contributed by atoms with Crippen LogP contribution in [0.15, 0.2) is 54.6 Å². The standard InChI is InChI=1S/C20H21ClN2O2S/c21-16-10-8-15(9-11-16)19(14-5-2-1-3-6-14)26-13-18(24)23-17-7-4-12-22-20(17)25/h1-3,5-6,8-11,17,19H,4,7,12-13H2,(H,22,25)(H,23,24)/t17-,19+/m1/s1. The fourth-order valence-corrected chi connectivity index (χ4v) is 4.18. The molecule has 2 aromatic rings. The van der Waals surface area contributed by atoms with Gasteiger partial charge >= 0.3 is 0 Å². The van der Waals surface area contributed by atoms with Crippen LogP contribution in [0, 0.1) is 0 Å². The van der Waals surface area contributed by atoms with E-state index in [1.165, 1.54) is 0 Å². The molecule has 1 aliphatic rings. The highest BCUT2D eigenvalue weighted by molar-refractivity contribution is 8.00. The molecular weight excluding hydrogens is 368 g/mol. The van der Waals surface area contributed by atoms with Crippen LogP contribution in [0.4, 0.5) is 0 Å². The number of hydrogen-bond donors (Lipinski definition) is 2. The quantitative estimate of drug-likeness (QED) is 0.795. The highest BCUT2D eigenvalue weighted by Crippen LogP contribution is 2.35. The minimum Gasteiger partial charge on any atom is -0.354 e. The van der Waals surface area contributed by atoms with E-state index in [9.17, 15) is 9.59 Å². The molecule has 0 aromatic heterocycles. The van der Waals surface area contributed by atoms with Crippen molar-refractivity contribution < 1.29 is 9.59 Å². The Kier molecular flexibility index (Phi) is 6.58. The van der Waals surface area contributed by atoms with E-state index >= 15 is 0 Å². The third-order valence-electron chi connectivity index (χ3n) is 4.28. The van der Waals surface area contributed by atoms with Crippen molar-refractivity contribution in [2.24, 2.45) is 0 Å². The molecule has 136 valence electrons. The topological polar surface area (TPSA) is 58.2 Å². The SMILES string of the molecule is O=C(CS[C@@H](c1ccccc1)c1ccc(Cl)cc1)N[C@@H]1CCCNC1=O. The van der Waals surface area contributed by atoms with Gasteiger partial charge in [0.15, 0.2) is 0 Å². The van der Waals surface area contributed by atoms with Gasteiger partial charge in [0.1, 0.15) is 6.04 Å². The highest BCUT2D eigenvalue weighted by Gasteiger charge is 2.24. The Morgan fingerprint density at radius 3 is 2.54 bits per heavy atom. The molecule has 6 heteroatoms. The van der Waals surface area contributed by atoms with Gasteiger partial charge in [-0.2, -0.15) is 0 Å². The molecule has 0 spiro atoms. The zero-order valence-corrected chi connectivity index (χ0v) is 15.9. The van der Waals surface area contributed by atoms with Gasteiger partial charge in [0.25, 0.3) is 0 Å². The van der Waals surface area contributed by atoms with Gasteiger partial charge in [-0.15, -0.1) is 11.8 Å². The average Bonchev–Trinajstić information content (AvgIpc) is 2.66. The summed E-state index contributed by atoms with van der Waals surface area (Å²) in [4.78, 5) is 24.1. The number of carbonyl (C=O) groups excluding carboxylic acids is 2. The summed E-state index contributed by atoms with van der Waals surface area (Å²) in [5, 5.41) is 6.34. The molecule has 26 heavy (non-hydrogen) atoms. The summed E-state index contributed by atoms with van der Waals surface area (Å²) in [7, 11) is 0. The maximum absolute atomic E-state index is 12.3. The van der Waals surface area contributed by atoms with E-state index < -0.39 is 6.04 Å². The Bertz CT molecular complexity index is 752. The minimum absolute atomic E-state index is 0.0272. The first-order chi connectivity index (χ1) is 12.6. The number of rotatable bonds is 6. The Hall–Kier alpha value is -1.98. The fraction of sp³-hybridized carbons (Fsp3) is 0.300. The lowest BCUT2D eigenvalue weighted by Gasteiger charge is -2.23. The second-order valence-corrected chi connectivity index (χ2v) is 7.74. The molecule has 2 amide bonds. The molecule has 4 nitrogen and oxygen atoms in total. The van der Waals surface area contributed by atoms with Crippen LogP contribution >= 0.6 is 23.4 Å². The van der Waals surface area contributed by atoms with Gasteiger partial charge in [-0.1, -0.05) is 54.1 Å². The summed E-state index contributed by atoms with van der Waals surface area (Å²) in [6.07, 6.45) is 1.59. The fourth-order valence-electron chi connectivity index (χ4n) is 2.96. The normalized spacial score (nSPS) is 18.0. The van der Waals surface area contributed by atoms with Crippen LogP contribution in [0.25, 0.3) is 0 Å². The number of piperidine rings is 1. The van der Waals surface area contributed by atoms with E-state index in [0.717, 1.165) is 17.5 Å². The maximum Gasteiger partial charge on any atom is 0.242 e. The summed E-state index contributed by atoms with van der Waals surface area (Å²) in [6, 6.07) is 17.3. The predicted molar refractivity (Wildman–Crippen MR) is 106 cm³/mol. The number of nitrogens with one attached hydrogen (secondary N) is 2. The Morgan fingerprint density at radius 1 is 1.15 bits per heavy atom. The lowest BCUT2D eigenvalue weighted by molar-refractivity contribution is -0.129. The van der Waals surface area contributed by atoms with Crippen LogP contribution in [0.2, 0.25) is 5.02 Å². The number of halogens is 1.